The van der Waals surface area contributed by atoms with Gasteiger partial charge >= 0.3 is 0 Å². The fraction of sp³-hybridized carbons (Fsp3) is 0.0962. The largest absolute Gasteiger partial charge is 0.309 e. The predicted octanol–water partition coefficient (Wildman–Crippen LogP) is 13.7. The van der Waals surface area contributed by atoms with Gasteiger partial charge in [-0.05, 0) is 129 Å². The van der Waals surface area contributed by atoms with Gasteiger partial charge in [-0.1, -0.05) is 134 Å². The van der Waals surface area contributed by atoms with Crippen LogP contribution in [-0.4, -0.2) is 4.57 Å². The Balaban J connectivity index is 1.12. The lowest BCUT2D eigenvalue weighted by Gasteiger charge is -2.37. The number of rotatable bonds is 5. The number of allylic oxidation sites excluding steroid dienone is 4. The molecule has 2 aliphatic rings. The fourth-order valence-electron chi connectivity index (χ4n) is 9.17. The molecule has 2 unspecified atom stereocenters. The summed E-state index contributed by atoms with van der Waals surface area (Å²) in [5.41, 5.74) is 18.3. The van der Waals surface area contributed by atoms with Gasteiger partial charge in [0.25, 0.3) is 0 Å². The first-order chi connectivity index (χ1) is 26.6. The number of para-hydroxylation sites is 1. The number of nitrogens with zero attached hydrogens (tertiary/aromatic N) is 2. The molecule has 1 aromatic heterocycles. The van der Waals surface area contributed by atoms with Crippen LogP contribution in [0.1, 0.15) is 53.9 Å². The van der Waals surface area contributed by atoms with Crippen LogP contribution in [0.2, 0.25) is 0 Å². The number of aromatic nitrogens is 1. The zero-order valence-electron chi connectivity index (χ0n) is 30.2. The van der Waals surface area contributed by atoms with Crippen molar-refractivity contribution in [1.82, 2.24) is 4.57 Å². The summed E-state index contributed by atoms with van der Waals surface area (Å²) in [6.45, 7) is 2.36. The van der Waals surface area contributed by atoms with Gasteiger partial charge in [-0.15, -0.1) is 0 Å². The molecule has 8 aromatic rings. The molecule has 256 valence electrons. The zero-order chi connectivity index (χ0) is 36.2. The highest BCUT2D eigenvalue weighted by Crippen LogP contribution is 2.52. The van der Waals surface area contributed by atoms with E-state index in [2.05, 4.69) is 181 Å². The van der Waals surface area contributed by atoms with Crippen LogP contribution in [0, 0.1) is 11.3 Å². The average molecular weight is 691 g/mol. The molecule has 2 nitrogen and oxygen atoms in total. The highest BCUT2D eigenvalue weighted by atomic mass is 15.0. The van der Waals surface area contributed by atoms with Gasteiger partial charge in [-0.3, -0.25) is 0 Å². The molecule has 2 atom stereocenters. The van der Waals surface area contributed by atoms with E-state index in [1.807, 2.05) is 12.1 Å². The van der Waals surface area contributed by atoms with Gasteiger partial charge in [0.05, 0.1) is 22.7 Å². The van der Waals surface area contributed by atoms with Crippen LogP contribution in [0.4, 0.5) is 0 Å². The Kier molecular flexibility index (Phi) is 7.74. The van der Waals surface area contributed by atoms with Crippen molar-refractivity contribution in [3.63, 3.8) is 0 Å². The summed E-state index contributed by atoms with van der Waals surface area (Å²) in [5, 5.41) is 12.2. The Hall–Kier alpha value is -6.69. The zero-order valence-corrected chi connectivity index (χ0v) is 30.2. The number of fused-ring (bicyclic) bond motifs is 5. The molecular formula is C52H38N2. The molecule has 0 radical (unpaired) electrons. The Morgan fingerprint density at radius 1 is 0.574 bits per heavy atom. The van der Waals surface area contributed by atoms with Crippen LogP contribution in [0.3, 0.4) is 0 Å². The molecule has 0 saturated heterocycles. The molecule has 2 heteroatoms. The third-order valence-corrected chi connectivity index (χ3v) is 11.7. The smallest absolute Gasteiger partial charge is 0.0991 e. The van der Waals surface area contributed by atoms with Crippen molar-refractivity contribution >= 4 is 27.4 Å². The second-order valence-electron chi connectivity index (χ2n) is 14.8. The summed E-state index contributed by atoms with van der Waals surface area (Å²) in [7, 11) is 0. The summed E-state index contributed by atoms with van der Waals surface area (Å²) >= 11 is 0. The molecule has 54 heavy (non-hydrogen) atoms. The van der Waals surface area contributed by atoms with Crippen LogP contribution < -0.4 is 0 Å². The second kappa shape index (κ2) is 13.1. The quantitative estimate of drug-likeness (QED) is 0.177. The summed E-state index contributed by atoms with van der Waals surface area (Å²) in [5.74, 6) is 0.572. The minimum absolute atomic E-state index is 0.266. The van der Waals surface area contributed by atoms with Crippen molar-refractivity contribution in [3.8, 4) is 45.1 Å². The summed E-state index contributed by atoms with van der Waals surface area (Å²) in [6.07, 6.45) is 6.77. The minimum atomic E-state index is 0.266. The van der Waals surface area contributed by atoms with Crippen molar-refractivity contribution in [3.05, 3.63) is 204 Å². The number of benzene rings is 7. The van der Waals surface area contributed by atoms with E-state index in [0.717, 1.165) is 24.1 Å². The summed E-state index contributed by atoms with van der Waals surface area (Å²) < 4.78 is 2.44. The van der Waals surface area contributed by atoms with Crippen molar-refractivity contribution in [2.45, 2.75) is 31.6 Å². The van der Waals surface area contributed by atoms with E-state index < -0.39 is 0 Å². The van der Waals surface area contributed by atoms with E-state index in [1.54, 1.807) is 0 Å². The first-order valence-corrected chi connectivity index (χ1v) is 19.0. The molecule has 0 saturated carbocycles. The minimum Gasteiger partial charge on any atom is -0.309 e. The van der Waals surface area contributed by atoms with E-state index in [-0.39, 0.29) is 5.92 Å². The Morgan fingerprint density at radius 2 is 1.26 bits per heavy atom. The van der Waals surface area contributed by atoms with E-state index in [9.17, 15) is 5.26 Å². The lowest BCUT2D eigenvalue weighted by Crippen LogP contribution is -2.20. The SMILES string of the molecule is CC1c2ccc(-c3ccc4c(c3)c3ccccc3n4-c3cc(-c4ccccc4)cc(-c4ccccc4)c3)cc2C2=C(CCC=C2)C1c1cccc(C#N)c1. The molecule has 0 aliphatic heterocycles. The maximum absolute atomic E-state index is 9.67. The van der Waals surface area contributed by atoms with Crippen molar-refractivity contribution in [2.24, 2.45) is 0 Å². The molecule has 0 amide bonds. The van der Waals surface area contributed by atoms with Crippen LogP contribution in [0.25, 0.3) is 66.4 Å². The molecule has 0 N–H and O–H groups in total. The van der Waals surface area contributed by atoms with E-state index in [0.29, 0.717) is 5.92 Å². The van der Waals surface area contributed by atoms with Gasteiger partial charge in [0, 0.05) is 22.4 Å². The van der Waals surface area contributed by atoms with Crippen LogP contribution in [0.15, 0.2) is 182 Å². The molecule has 0 fully saturated rings. The van der Waals surface area contributed by atoms with Gasteiger partial charge in [0.2, 0.25) is 0 Å². The lowest BCUT2D eigenvalue weighted by atomic mass is 9.67. The molecule has 1 heterocycles. The summed E-state index contributed by atoms with van der Waals surface area (Å²) in [6, 6.07) is 61.9. The van der Waals surface area contributed by atoms with Gasteiger partial charge in [0.15, 0.2) is 0 Å². The number of nitriles is 1. The highest BCUT2D eigenvalue weighted by Gasteiger charge is 2.34. The lowest BCUT2D eigenvalue weighted by molar-refractivity contribution is 0.611. The molecule has 0 spiro atoms. The molecular weight excluding hydrogens is 653 g/mol. The predicted molar refractivity (Wildman–Crippen MR) is 225 cm³/mol. The first kappa shape index (κ1) is 32.0. The first-order valence-electron chi connectivity index (χ1n) is 19.0. The third kappa shape index (κ3) is 5.32. The highest BCUT2D eigenvalue weighted by molar-refractivity contribution is 6.10. The number of hydrogen-bond acceptors (Lipinski definition) is 1. The number of hydrogen-bond donors (Lipinski definition) is 0. The fourth-order valence-corrected chi connectivity index (χ4v) is 9.17. The Morgan fingerprint density at radius 3 is 2.02 bits per heavy atom. The van der Waals surface area contributed by atoms with E-state index in [1.165, 1.54) is 83.0 Å². The van der Waals surface area contributed by atoms with Gasteiger partial charge < -0.3 is 4.57 Å². The van der Waals surface area contributed by atoms with Gasteiger partial charge in [-0.25, -0.2) is 0 Å². The maximum atomic E-state index is 9.67. The normalized spacial score (nSPS) is 16.3. The Bertz CT molecular complexity index is 2790. The second-order valence-corrected chi connectivity index (χ2v) is 14.8. The van der Waals surface area contributed by atoms with E-state index in [4.69, 9.17) is 0 Å². The van der Waals surface area contributed by atoms with Crippen molar-refractivity contribution < 1.29 is 0 Å². The van der Waals surface area contributed by atoms with Crippen molar-refractivity contribution in [1.29, 1.82) is 5.26 Å². The van der Waals surface area contributed by atoms with E-state index >= 15 is 0 Å². The maximum Gasteiger partial charge on any atom is 0.0991 e. The van der Waals surface area contributed by atoms with Gasteiger partial charge in [-0.2, -0.15) is 5.26 Å². The molecule has 7 aromatic carbocycles. The van der Waals surface area contributed by atoms with Gasteiger partial charge in [0.1, 0.15) is 0 Å². The summed E-state index contributed by atoms with van der Waals surface area (Å²) in [4.78, 5) is 0. The van der Waals surface area contributed by atoms with Crippen molar-refractivity contribution in [2.75, 3.05) is 0 Å². The standard InChI is InChI=1S/C52H38N2/c1-34-44-25-23-38(31-48(44)45-19-8-9-21-47(45)52(34)40-18-12-13-35(27-40)33-53)39-24-26-51-49(32-39)46-20-10-11-22-50(46)54(51)43-29-41(36-14-4-2-5-15-36)28-42(30-43)37-16-6-3-7-17-37/h2-8,10-20,22-32,34,52H,9,21H2,1H3. The molecule has 2 aliphatic carbocycles. The van der Waals surface area contributed by atoms with Crippen LogP contribution in [-0.2, 0) is 0 Å². The van der Waals surface area contributed by atoms with Crippen LogP contribution in [0.5, 0.6) is 0 Å². The molecule has 10 rings (SSSR count). The van der Waals surface area contributed by atoms with Crippen LogP contribution >= 0.6 is 0 Å². The topological polar surface area (TPSA) is 28.7 Å². The monoisotopic (exact) mass is 690 g/mol. The Labute approximate surface area is 316 Å². The average Bonchev–Trinajstić information content (AvgIpc) is 3.58. The third-order valence-electron chi connectivity index (χ3n) is 11.7. The molecule has 0 bridgehead atoms.